The minimum Gasteiger partial charge on any atom is -0.465 e. The van der Waals surface area contributed by atoms with Crippen LogP contribution in [-0.2, 0) is 4.74 Å². The number of alkyl halides is 1. The van der Waals surface area contributed by atoms with Gasteiger partial charge in [0, 0.05) is 6.54 Å². The zero-order chi connectivity index (χ0) is 16.3. The smallest absolute Gasteiger partial charge is 0.407 e. The van der Waals surface area contributed by atoms with Crippen LogP contribution in [0.4, 0.5) is 9.18 Å². The molecule has 0 radical (unpaired) electrons. The number of hydrogen-bond donors (Lipinski definition) is 1. The van der Waals surface area contributed by atoms with E-state index in [0.29, 0.717) is 0 Å². The molecule has 0 spiro atoms. The maximum atomic E-state index is 14.2. The summed E-state index contributed by atoms with van der Waals surface area (Å²) in [6.07, 6.45) is -1.35. The zero-order valence-electron chi connectivity index (χ0n) is 11.9. The number of nitrogens with zero attached hydrogens (tertiary/aromatic N) is 4. The number of esters is 1. The molecule has 0 bridgehead atoms. The van der Waals surface area contributed by atoms with Crippen molar-refractivity contribution < 1.29 is 23.8 Å². The summed E-state index contributed by atoms with van der Waals surface area (Å²) in [6, 6.07) is 1.05. The van der Waals surface area contributed by atoms with E-state index in [9.17, 15) is 19.2 Å². The molecular weight excluding hydrogens is 295 g/mol. The maximum Gasteiger partial charge on any atom is 0.407 e. The van der Waals surface area contributed by atoms with E-state index in [1.165, 1.54) is 6.20 Å². The fourth-order valence-corrected chi connectivity index (χ4v) is 2.43. The van der Waals surface area contributed by atoms with Gasteiger partial charge in [-0.3, -0.25) is 0 Å². The molecule has 1 amide bonds. The van der Waals surface area contributed by atoms with E-state index in [2.05, 4.69) is 5.10 Å². The van der Waals surface area contributed by atoms with E-state index in [-0.39, 0.29) is 37.4 Å². The van der Waals surface area contributed by atoms with E-state index in [1.807, 2.05) is 6.07 Å². The minimum atomic E-state index is -1.51. The van der Waals surface area contributed by atoms with Crippen LogP contribution in [0.2, 0.25) is 0 Å². The van der Waals surface area contributed by atoms with Crippen molar-refractivity contribution in [2.24, 2.45) is 0 Å². The van der Waals surface area contributed by atoms with Gasteiger partial charge in [0.05, 0.1) is 25.4 Å². The number of rotatable bonds is 3. The van der Waals surface area contributed by atoms with Crippen molar-refractivity contribution in [3.63, 3.8) is 0 Å². The van der Waals surface area contributed by atoms with Gasteiger partial charge in [0.25, 0.3) is 0 Å². The Hall–Kier alpha value is -2.63. The Morgan fingerprint density at radius 2 is 2.36 bits per heavy atom. The molecule has 0 aromatic carbocycles. The third kappa shape index (κ3) is 2.86. The number of carboxylic acid groups (broad SMARTS) is 1. The molecule has 1 aromatic heterocycles. The Labute approximate surface area is 125 Å². The van der Waals surface area contributed by atoms with Crippen molar-refractivity contribution in [3.05, 3.63) is 17.5 Å². The molecule has 1 aromatic rings. The van der Waals surface area contributed by atoms with Crippen LogP contribution in [0.1, 0.15) is 35.4 Å². The van der Waals surface area contributed by atoms with Gasteiger partial charge in [-0.25, -0.2) is 18.7 Å². The molecule has 118 valence electrons. The average Bonchev–Trinajstić information content (AvgIpc) is 2.90. The van der Waals surface area contributed by atoms with Crippen molar-refractivity contribution in [1.82, 2.24) is 14.7 Å². The van der Waals surface area contributed by atoms with Crippen LogP contribution in [0.5, 0.6) is 0 Å². The van der Waals surface area contributed by atoms with Crippen LogP contribution in [0, 0.1) is 11.3 Å². The summed E-state index contributed by atoms with van der Waals surface area (Å²) >= 11 is 0. The molecule has 9 heteroatoms. The number of piperidine rings is 1. The topological polar surface area (TPSA) is 108 Å². The van der Waals surface area contributed by atoms with Crippen LogP contribution in [0.25, 0.3) is 0 Å². The zero-order valence-corrected chi connectivity index (χ0v) is 11.9. The largest absolute Gasteiger partial charge is 0.465 e. The number of nitriles is 1. The van der Waals surface area contributed by atoms with Gasteiger partial charge in [-0.15, -0.1) is 0 Å². The van der Waals surface area contributed by atoms with Gasteiger partial charge in [-0.2, -0.15) is 10.4 Å². The Kier molecular flexibility index (Phi) is 4.60. The van der Waals surface area contributed by atoms with Crippen LogP contribution in [0.15, 0.2) is 6.20 Å². The highest BCUT2D eigenvalue weighted by atomic mass is 19.1. The predicted molar refractivity (Wildman–Crippen MR) is 71.0 cm³/mol. The number of likely N-dealkylation sites (tertiary alicyclic amines) is 1. The third-order valence-electron chi connectivity index (χ3n) is 3.49. The molecule has 2 rings (SSSR count). The number of hydrogen-bond acceptors (Lipinski definition) is 5. The number of ether oxygens (including phenoxy) is 1. The van der Waals surface area contributed by atoms with Gasteiger partial charge < -0.3 is 14.7 Å². The fraction of sp³-hybridized carbons (Fsp3) is 0.538. The molecule has 0 aliphatic carbocycles. The Morgan fingerprint density at radius 3 is 2.91 bits per heavy atom. The summed E-state index contributed by atoms with van der Waals surface area (Å²) in [5, 5.41) is 22.0. The van der Waals surface area contributed by atoms with E-state index in [4.69, 9.17) is 9.84 Å². The van der Waals surface area contributed by atoms with Crippen molar-refractivity contribution >= 4 is 12.1 Å². The van der Waals surface area contributed by atoms with Crippen LogP contribution >= 0.6 is 0 Å². The molecule has 1 fully saturated rings. The van der Waals surface area contributed by atoms with Crippen LogP contribution < -0.4 is 0 Å². The minimum absolute atomic E-state index is 0.0165. The lowest BCUT2D eigenvalue weighted by atomic mass is 10.0. The van der Waals surface area contributed by atoms with Crippen molar-refractivity contribution in [2.75, 3.05) is 19.7 Å². The van der Waals surface area contributed by atoms with Gasteiger partial charge in [0.15, 0.2) is 5.69 Å². The molecule has 1 aliphatic rings. The van der Waals surface area contributed by atoms with Crippen LogP contribution in [-0.4, -0.2) is 57.7 Å². The summed E-state index contributed by atoms with van der Waals surface area (Å²) in [7, 11) is 0. The third-order valence-corrected chi connectivity index (χ3v) is 3.49. The highest BCUT2D eigenvalue weighted by Gasteiger charge is 2.35. The molecule has 22 heavy (non-hydrogen) atoms. The molecule has 1 saturated heterocycles. The van der Waals surface area contributed by atoms with Crippen molar-refractivity contribution in [1.29, 1.82) is 5.26 Å². The molecule has 2 atom stereocenters. The van der Waals surface area contributed by atoms with Gasteiger partial charge >= 0.3 is 12.1 Å². The summed E-state index contributed by atoms with van der Waals surface area (Å²) in [6.45, 7) is 1.63. The molecule has 2 heterocycles. The van der Waals surface area contributed by atoms with E-state index < -0.39 is 24.3 Å². The highest BCUT2D eigenvalue weighted by molar-refractivity contribution is 5.91. The lowest BCUT2D eigenvalue weighted by Gasteiger charge is -2.33. The number of aromatic nitrogens is 2. The SMILES string of the molecule is CCOC(=O)c1cnn([C@H]2CCN(C(=O)O)C[C@@H]2F)c1C#N. The van der Waals surface area contributed by atoms with Gasteiger partial charge in [-0.05, 0) is 13.3 Å². The van der Waals surface area contributed by atoms with Crippen molar-refractivity contribution in [2.45, 2.75) is 25.6 Å². The summed E-state index contributed by atoms with van der Waals surface area (Å²) in [5.41, 5.74) is -0.0907. The second-order valence-electron chi connectivity index (χ2n) is 4.78. The lowest BCUT2D eigenvalue weighted by molar-refractivity contribution is 0.0525. The highest BCUT2D eigenvalue weighted by Crippen LogP contribution is 2.27. The summed E-state index contributed by atoms with van der Waals surface area (Å²) < 4.78 is 20.2. The number of carbonyl (C=O) groups excluding carboxylic acids is 1. The van der Waals surface area contributed by atoms with Gasteiger partial charge in [0.1, 0.15) is 17.8 Å². The van der Waals surface area contributed by atoms with Crippen molar-refractivity contribution in [3.8, 4) is 6.07 Å². The van der Waals surface area contributed by atoms with Gasteiger partial charge in [0.2, 0.25) is 0 Å². The Morgan fingerprint density at radius 1 is 1.64 bits per heavy atom. The average molecular weight is 310 g/mol. The summed E-state index contributed by atoms with van der Waals surface area (Å²) in [5.74, 6) is -0.691. The second kappa shape index (κ2) is 6.43. The summed E-state index contributed by atoms with van der Waals surface area (Å²) in [4.78, 5) is 23.6. The first-order valence-electron chi connectivity index (χ1n) is 6.76. The fourth-order valence-electron chi connectivity index (χ4n) is 2.43. The quantitative estimate of drug-likeness (QED) is 0.840. The molecule has 1 aliphatic heterocycles. The second-order valence-corrected chi connectivity index (χ2v) is 4.78. The first-order valence-corrected chi connectivity index (χ1v) is 6.76. The first kappa shape index (κ1) is 15.8. The maximum absolute atomic E-state index is 14.2. The normalized spacial score (nSPS) is 21.2. The molecule has 0 unspecified atom stereocenters. The predicted octanol–water partition coefficient (Wildman–Crippen LogP) is 1.19. The Bertz CT molecular complexity index is 624. The standard InChI is InChI=1S/C13H15FN4O4/c1-2-22-12(19)8-6-16-18(11(8)5-15)10-3-4-17(13(20)21)7-9(10)14/h6,9-10H,2-4,7H2,1H3,(H,20,21)/t9-,10-/m0/s1. The van der Waals surface area contributed by atoms with E-state index >= 15 is 0 Å². The monoisotopic (exact) mass is 310 g/mol. The molecule has 1 N–H and O–H groups in total. The Balaban J connectivity index is 2.25. The van der Waals surface area contributed by atoms with Crippen LogP contribution in [0.3, 0.4) is 0 Å². The number of amides is 1. The van der Waals surface area contributed by atoms with E-state index in [1.54, 1.807) is 6.92 Å². The number of carbonyl (C=O) groups is 2. The van der Waals surface area contributed by atoms with Gasteiger partial charge in [-0.1, -0.05) is 0 Å². The number of halogens is 1. The molecule has 8 nitrogen and oxygen atoms in total. The first-order chi connectivity index (χ1) is 10.5. The lowest BCUT2D eigenvalue weighted by Crippen LogP contribution is -2.45. The molecule has 0 saturated carbocycles. The van der Waals surface area contributed by atoms with E-state index in [0.717, 1.165) is 9.58 Å². The molecular formula is C13H15FN4O4.